The summed E-state index contributed by atoms with van der Waals surface area (Å²) in [6.07, 6.45) is 3.03. The van der Waals surface area contributed by atoms with Crippen LogP contribution >= 0.6 is 0 Å². The molecule has 0 aliphatic carbocycles. The summed E-state index contributed by atoms with van der Waals surface area (Å²) in [6.45, 7) is 10.1. The van der Waals surface area contributed by atoms with Gasteiger partial charge in [0.2, 0.25) is 0 Å². The first-order chi connectivity index (χ1) is 15.7. The van der Waals surface area contributed by atoms with Crippen molar-refractivity contribution in [3.05, 3.63) is 82.8 Å². The third kappa shape index (κ3) is 8.23. The molecule has 0 saturated carbocycles. The van der Waals surface area contributed by atoms with Gasteiger partial charge in [-0.05, 0) is 59.0 Å². The molecule has 0 fully saturated rings. The van der Waals surface area contributed by atoms with Crippen LogP contribution in [-0.4, -0.2) is 30.0 Å². The number of carbonyl (C=O) groups is 1. The van der Waals surface area contributed by atoms with Gasteiger partial charge >= 0.3 is 0 Å². The number of hydrogen-bond acceptors (Lipinski definition) is 5. The van der Waals surface area contributed by atoms with Gasteiger partial charge < -0.3 is 20.1 Å². The Morgan fingerprint density at radius 3 is 2.29 bits per heavy atom. The zero-order chi connectivity index (χ0) is 24.5. The van der Waals surface area contributed by atoms with E-state index in [2.05, 4.69) is 61.4 Å². The number of allylic oxidation sites excluding steroid dienone is 2. The summed E-state index contributed by atoms with van der Waals surface area (Å²) < 4.78 is 5.47. The third-order valence-corrected chi connectivity index (χ3v) is 4.97. The van der Waals surface area contributed by atoms with Gasteiger partial charge in [-0.1, -0.05) is 52.1 Å². The number of methoxy groups -OCH3 is 1. The van der Waals surface area contributed by atoms with Gasteiger partial charge in [0.25, 0.3) is 0 Å². The quantitative estimate of drug-likeness (QED) is 0.200. The van der Waals surface area contributed by atoms with Crippen molar-refractivity contribution in [1.29, 1.82) is 0 Å². The van der Waals surface area contributed by atoms with Crippen molar-refractivity contribution in [2.75, 3.05) is 14.2 Å². The molecule has 1 heterocycles. The van der Waals surface area contributed by atoms with Crippen LogP contribution in [0.25, 0.3) is 22.4 Å². The molecule has 6 heteroatoms. The predicted molar refractivity (Wildman–Crippen MR) is 135 cm³/mol. The molecule has 3 aromatic rings. The molecule has 5 nitrogen and oxygen atoms in total. The fraction of sp³-hybridized carbons (Fsp3) is 0.286. The zero-order valence-electron chi connectivity index (χ0n) is 20.9. The maximum absolute atomic E-state index is 10.0. The number of nitrogens with one attached hydrogen (secondary N) is 1. The van der Waals surface area contributed by atoms with Crippen LogP contribution in [0.4, 0.5) is 0 Å². The maximum Gasteiger partial charge on any atom is 0.155 e. The van der Waals surface area contributed by atoms with Crippen molar-refractivity contribution in [3.63, 3.8) is 0 Å². The topological polar surface area (TPSA) is 71.5 Å². The van der Waals surface area contributed by atoms with Crippen LogP contribution < -0.4 is 10.1 Å². The van der Waals surface area contributed by atoms with Crippen LogP contribution in [0.15, 0.2) is 54.4 Å². The first-order valence-corrected chi connectivity index (χ1v) is 10.8. The average Bonchev–Trinajstić information content (AvgIpc) is 2.73. The van der Waals surface area contributed by atoms with Crippen molar-refractivity contribution in [2.45, 2.75) is 41.2 Å². The zero-order valence-corrected chi connectivity index (χ0v) is 23.1. The summed E-state index contributed by atoms with van der Waals surface area (Å²) in [7, 11) is 3.64. The van der Waals surface area contributed by atoms with Crippen LogP contribution in [0.2, 0.25) is 0 Å². The number of ether oxygens (including phenoxy) is 1. The number of carbonyl (C=O) groups excluding carboxylic acids is 1. The number of aliphatic hydroxyl groups excluding tert-OH is 1. The molecule has 0 saturated heterocycles. The molecule has 2 aromatic carbocycles. The summed E-state index contributed by atoms with van der Waals surface area (Å²) in [5, 5.41) is 11.6. The second-order valence-electron chi connectivity index (χ2n) is 8.08. The van der Waals surface area contributed by atoms with Gasteiger partial charge in [0.05, 0.1) is 12.9 Å². The second-order valence-corrected chi connectivity index (χ2v) is 8.08. The van der Waals surface area contributed by atoms with Gasteiger partial charge in [0.1, 0.15) is 0 Å². The Balaban J connectivity index is 0.000000633. The number of ketones is 1. The number of rotatable bonds is 6. The van der Waals surface area contributed by atoms with Gasteiger partial charge in [-0.25, -0.2) is 0 Å². The molecule has 0 unspecified atom stereocenters. The van der Waals surface area contributed by atoms with E-state index in [1.165, 1.54) is 47.7 Å². The Labute approximate surface area is 217 Å². The second kappa shape index (κ2) is 13.8. The molecule has 0 aliphatic rings. The summed E-state index contributed by atoms with van der Waals surface area (Å²) in [5.41, 5.74) is 9.22. The van der Waals surface area contributed by atoms with Crippen LogP contribution in [0.1, 0.15) is 36.1 Å². The Hall–Kier alpha value is -2.75. The number of benzene rings is 2. The van der Waals surface area contributed by atoms with E-state index in [9.17, 15) is 4.79 Å². The van der Waals surface area contributed by atoms with E-state index in [-0.39, 0.29) is 32.6 Å². The van der Waals surface area contributed by atoms with Crippen molar-refractivity contribution >= 4 is 5.78 Å². The van der Waals surface area contributed by atoms with Crippen LogP contribution in [0.5, 0.6) is 5.75 Å². The molecule has 0 amide bonds. The molecule has 184 valence electrons. The molecule has 2 N–H and O–H groups in total. The van der Waals surface area contributed by atoms with Gasteiger partial charge in [0.15, 0.2) is 5.78 Å². The molecule has 1 aromatic heterocycles. The number of pyridine rings is 1. The van der Waals surface area contributed by atoms with E-state index in [1.54, 1.807) is 7.11 Å². The Morgan fingerprint density at radius 1 is 1.15 bits per heavy atom. The first kappa shape index (κ1) is 29.3. The summed E-state index contributed by atoms with van der Waals surface area (Å²) in [5.74, 6) is 0.738. The summed E-state index contributed by atoms with van der Waals surface area (Å²) in [4.78, 5) is 14.6. The molecule has 3 rings (SSSR count). The van der Waals surface area contributed by atoms with Gasteiger partial charge in [-0.3, -0.25) is 4.79 Å². The van der Waals surface area contributed by atoms with Gasteiger partial charge in [-0.15, -0.1) is 17.7 Å². The van der Waals surface area contributed by atoms with Gasteiger partial charge in [-0.2, -0.15) is 0 Å². The molecular weight excluding hydrogens is 607 g/mol. The van der Waals surface area contributed by atoms with E-state index < -0.39 is 0 Å². The summed E-state index contributed by atoms with van der Waals surface area (Å²) in [6, 6.07) is 16.0. The summed E-state index contributed by atoms with van der Waals surface area (Å²) >= 11 is 0. The largest absolute Gasteiger partial charge is 0.540 e. The van der Waals surface area contributed by atoms with E-state index in [0.717, 1.165) is 29.1 Å². The minimum atomic E-state index is -0.125. The van der Waals surface area contributed by atoms with Gasteiger partial charge in [0, 0.05) is 45.6 Å². The standard InChI is InChI=1S/C23H25N2O.C5H8O2.Pt/c1-15-10-16(2)23(17(3)11-15)21-13-19(26-5)6-7-20(21)22-12-18(14-24-4)8-9-25-22;1-4(6)3-5(2)7;/h6,8-13,24H,14H2,1-5H3;3,6H,1-2H3;/q-1;;/b;4-3-;. The number of aliphatic hydroxyl groups is 1. The SMILES string of the molecule is CC(=O)/C=C(/C)O.CNCc1ccnc(-c2[c-]cc(OC)cc2-c2c(C)cc(C)cc2C)c1.[Pt]. The van der Waals surface area contributed by atoms with E-state index >= 15 is 0 Å². The van der Waals surface area contributed by atoms with Crippen molar-refractivity contribution in [3.8, 4) is 28.1 Å². The molecular formula is C28H33N2O3Pt-. The monoisotopic (exact) mass is 640 g/mol. The third-order valence-electron chi connectivity index (χ3n) is 4.97. The Kier molecular flexibility index (Phi) is 11.9. The minimum Gasteiger partial charge on any atom is -0.540 e. The van der Waals surface area contributed by atoms with Crippen LogP contribution in [0.3, 0.4) is 0 Å². The van der Waals surface area contributed by atoms with Crippen LogP contribution in [0, 0.1) is 26.8 Å². The molecule has 0 atom stereocenters. The number of aryl methyl sites for hydroxylation is 3. The fourth-order valence-corrected chi connectivity index (χ4v) is 3.83. The Morgan fingerprint density at radius 2 is 1.79 bits per heavy atom. The van der Waals surface area contributed by atoms with E-state index in [1.807, 2.05) is 25.4 Å². The van der Waals surface area contributed by atoms with E-state index in [4.69, 9.17) is 9.84 Å². The maximum atomic E-state index is 10.0. The molecule has 0 aliphatic heterocycles. The first-order valence-electron chi connectivity index (χ1n) is 10.8. The molecule has 34 heavy (non-hydrogen) atoms. The minimum absolute atomic E-state index is 0. The van der Waals surface area contributed by atoms with Crippen LogP contribution in [-0.2, 0) is 32.4 Å². The average molecular weight is 641 g/mol. The van der Waals surface area contributed by atoms with E-state index in [0.29, 0.717) is 0 Å². The molecule has 0 bridgehead atoms. The molecule has 0 spiro atoms. The van der Waals surface area contributed by atoms with Crippen molar-refractivity contribution < 1.29 is 35.7 Å². The number of nitrogens with zero attached hydrogens (tertiary/aromatic N) is 1. The normalized spacial score (nSPS) is 10.6. The van der Waals surface area contributed by atoms with Crippen molar-refractivity contribution in [2.24, 2.45) is 0 Å². The number of aromatic nitrogens is 1. The van der Waals surface area contributed by atoms with Crippen molar-refractivity contribution in [1.82, 2.24) is 10.3 Å². The Bertz CT molecular complexity index is 1130. The predicted octanol–water partition coefficient (Wildman–Crippen LogP) is 5.90. The smallest absolute Gasteiger partial charge is 0.155 e. The molecule has 0 radical (unpaired) electrons. The number of hydrogen-bond donors (Lipinski definition) is 2. The fourth-order valence-electron chi connectivity index (χ4n) is 3.83.